The lowest BCUT2D eigenvalue weighted by molar-refractivity contribution is -0.140. The van der Waals surface area contributed by atoms with Gasteiger partial charge in [-0.15, -0.1) is 0 Å². The van der Waals surface area contributed by atoms with Crippen molar-refractivity contribution in [2.45, 2.75) is 6.42 Å². The first-order valence-electron chi connectivity index (χ1n) is 2.77. The van der Waals surface area contributed by atoms with Gasteiger partial charge in [-0.3, -0.25) is 4.79 Å². The minimum Gasteiger partial charge on any atom is -0.469 e. The topological polar surface area (TPSA) is 64.3 Å². The van der Waals surface area contributed by atoms with Gasteiger partial charge in [0.2, 0.25) is 0 Å². The fourth-order valence-corrected chi connectivity index (χ4v) is 0.492. The van der Waals surface area contributed by atoms with Crippen molar-refractivity contribution in [2.24, 2.45) is 5.73 Å². The third kappa shape index (κ3) is 5.30. The monoisotopic (exact) mass is 162 g/mol. The van der Waals surface area contributed by atoms with Crippen LogP contribution in [-0.2, 0) is 9.53 Å². The van der Waals surface area contributed by atoms with E-state index in [0.717, 1.165) is 0 Å². The van der Waals surface area contributed by atoms with Crippen molar-refractivity contribution in [1.29, 1.82) is 0 Å². The first-order valence-corrected chi connectivity index (χ1v) is 3.17. The molecule has 0 aromatic rings. The van der Waals surface area contributed by atoms with E-state index in [0.29, 0.717) is 6.54 Å². The summed E-state index contributed by atoms with van der Waals surface area (Å²) in [4.78, 5) is 10.4. The molecule has 0 aromatic heterocycles. The fraction of sp³-hybridized carbons (Fsp3) is 0.600. The first-order chi connectivity index (χ1) is 4.66. The van der Waals surface area contributed by atoms with Gasteiger partial charge in [0.05, 0.1) is 13.5 Å². The standard InChI is InChI=1S/C5H10N2O2S/c1-9-4(8)2-3-7-5(6)10/h2-3H2,1H3,(H3,6,7,10). The Morgan fingerprint density at radius 2 is 2.40 bits per heavy atom. The molecule has 0 radical (unpaired) electrons. The molecule has 0 heterocycles. The highest BCUT2D eigenvalue weighted by atomic mass is 32.1. The molecule has 0 aliphatic carbocycles. The highest BCUT2D eigenvalue weighted by Crippen LogP contribution is 1.79. The van der Waals surface area contributed by atoms with Crippen LogP contribution in [0.1, 0.15) is 6.42 Å². The molecular formula is C5H10N2O2S. The average Bonchev–Trinajstić information content (AvgIpc) is 1.87. The van der Waals surface area contributed by atoms with Crippen molar-refractivity contribution >= 4 is 23.3 Å². The molecule has 0 saturated heterocycles. The van der Waals surface area contributed by atoms with Crippen LogP contribution in [0.4, 0.5) is 0 Å². The van der Waals surface area contributed by atoms with Crippen molar-refractivity contribution in [3.05, 3.63) is 0 Å². The summed E-state index contributed by atoms with van der Waals surface area (Å²) in [6.45, 7) is 0.433. The van der Waals surface area contributed by atoms with E-state index in [-0.39, 0.29) is 17.5 Å². The van der Waals surface area contributed by atoms with Crippen molar-refractivity contribution in [3.8, 4) is 0 Å². The molecule has 0 saturated carbocycles. The van der Waals surface area contributed by atoms with Gasteiger partial charge in [0.25, 0.3) is 0 Å². The predicted molar refractivity (Wildman–Crippen MR) is 41.4 cm³/mol. The third-order valence-corrected chi connectivity index (χ3v) is 1.00. The Kier molecular flexibility index (Phi) is 4.57. The minimum absolute atomic E-state index is 0.198. The van der Waals surface area contributed by atoms with Crippen LogP contribution in [0.3, 0.4) is 0 Å². The van der Waals surface area contributed by atoms with Gasteiger partial charge in [-0.25, -0.2) is 0 Å². The summed E-state index contributed by atoms with van der Waals surface area (Å²) in [5, 5.41) is 2.82. The molecule has 0 aliphatic heterocycles. The van der Waals surface area contributed by atoms with E-state index in [9.17, 15) is 4.79 Å². The molecule has 0 aliphatic rings. The molecule has 4 nitrogen and oxygen atoms in total. The van der Waals surface area contributed by atoms with Gasteiger partial charge in [0, 0.05) is 6.54 Å². The normalized spacial score (nSPS) is 8.50. The molecule has 5 heteroatoms. The lowest BCUT2D eigenvalue weighted by Crippen LogP contribution is -2.30. The number of esters is 1. The van der Waals surface area contributed by atoms with E-state index in [1.165, 1.54) is 7.11 Å². The fourth-order valence-electron chi connectivity index (χ4n) is 0.390. The number of carbonyl (C=O) groups excluding carboxylic acids is 1. The molecule has 0 unspecified atom stereocenters. The summed E-state index contributed by atoms with van der Waals surface area (Å²) in [6, 6.07) is 0. The molecule has 0 amide bonds. The zero-order chi connectivity index (χ0) is 7.98. The quantitative estimate of drug-likeness (QED) is 0.428. The third-order valence-electron chi connectivity index (χ3n) is 0.856. The Labute approximate surface area is 64.7 Å². The maximum atomic E-state index is 10.4. The zero-order valence-electron chi connectivity index (χ0n) is 5.72. The zero-order valence-corrected chi connectivity index (χ0v) is 6.53. The second-order valence-corrected chi connectivity index (χ2v) is 2.06. The molecule has 0 rings (SSSR count). The van der Waals surface area contributed by atoms with Crippen molar-refractivity contribution in [2.75, 3.05) is 13.7 Å². The minimum atomic E-state index is -0.274. The van der Waals surface area contributed by atoms with Crippen LogP contribution in [-0.4, -0.2) is 24.7 Å². The molecular weight excluding hydrogens is 152 g/mol. The average molecular weight is 162 g/mol. The van der Waals surface area contributed by atoms with Crippen molar-refractivity contribution < 1.29 is 9.53 Å². The number of carbonyl (C=O) groups is 1. The van der Waals surface area contributed by atoms with Crippen molar-refractivity contribution in [1.82, 2.24) is 5.32 Å². The number of methoxy groups -OCH3 is 1. The molecule has 0 fully saturated rings. The Morgan fingerprint density at radius 3 is 2.80 bits per heavy atom. The largest absolute Gasteiger partial charge is 0.469 e. The predicted octanol–water partition coefficient (Wildman–Crippen LogP) is -0.617. The van der Waals surface area contributed by atoms with Gasteiger partial charge < -0.3 is 15.8 Å². The smallest absolute Gasteiger partial charge is 0.307 e. The maximum absolute atomic E-state index is 10.4. The van der Waals surface area contributed by atoms with Crippen LogP contribution in [0.25, 0.3) is 0 Å². The van der Waals surface area contributed by atoms with E-state index in [4.69, 9.17) is 5.73 Å². The van der Waals surface area contributed by atoms with Gasteiger partial charge in [0.1, 0.15) is 0 Å². The summed E-state index contributed by atoms with van der Waals surface area (Å²) >= 11 is 4.50. The van der Waals surface area contributed by atoms with Gasteiger partial charge in [-0.1, -0.05) is 0 Å². The number of hydrogen-bond acceptors (Lipinski definition) is 3. The van der Waals surface area contributed by atoms with Gasteiger partial charge in [-0.2, -0.15) is 0 Å². The molecule has 3 N–H and O–H groups in total. The number of ether oxygens (including phenoxy) is 1. The van der Waals surface area contributed by atoms with Crippen LogP contribution in [0, 0.1) is 0 Å². The Hall–Kier alpha value is -0.840. The number of rotatable bonds is 3. The molecule has 0 spiro atoms. The number of nitrogens with one attached hydrogen (secondary N) is 1. The molecule has 58 valence electrons. The summed E-state index contributed by atoms with van der Waals surface area (Å²) in [6.07, 6.45) is 0.286. The second-order valence-electron chi connectivity index (χ2n) is 1.62. The second kappa shape index (κ2) is 4.99. The van der Waals surface area contributed by atoms with Gasteiger partial charge in [-0.05, 0) is 12.2 Å². The molecule has 10 heavy (non-hydrogen) atoms. The first kappa shape index (κ1) is 9.16. The number of hydrogen-bond donors (Lipinski definition) is 2. The molecule has 0 atom stereocenters. The lowest BCUT2D eigenvalue weighted by Gasteiger charge is -2.00. The van der Waals surface area contributed by atoms with E-state index >= 15 is 0 Å². The van der Waals surface area contributed by atoms with Crippen LogP contribution in [0.15, 0.2) is 0 Å². The van der Waals surface area contributed by atoms with Crippen LogP contribution in [0.2, 0.25) is 0 Å². The van der Waals surface area contributed by atoms with E-state index in [2.05, 4.69) is 22.3 Å². The Balaban J connectivity index is 3.20. The van der Waals surface area contributed by atoms with Gasteiger partial charge in [0.15, 0.2) is 5.11 Å². The highest BCUT2D eigenvalue weighted by molar-refractivity contribution is 7.80. The lowest BCUT2D eigenvalue weighted by atomic mass is 10.4. The van der Waals surface area contributed by atoms with Gasteiger partial charge >= 0.3 is 5.97 Å². The van der Waals surface area contributed by atoms with E-state index in [1.807, 2.05) is 0 Å². The summed E-state index contributed by atoms with van der Waals surface area (Å²) < 4.78 is 4.37. The molecule has 0 aromatic carbocycles. The summed E-state index contributed by atoms with van der Waals surface area (Å²) in [5.41, 5.74) is 5.09. The Bertz CT molecular complexity index is 138. The number of thiocarbonyl (C=S) groups is 1. The Morgan fingerprint density at radius 1 is 1.80 bits per heavy atom. The maximum Gasteiger partial charge on any atom is 0.307 e. The summed E-state index contributed by atoms with van der Waals surface area (Å²) in [5.74, 6) is -0.274. The van der Waals surface area contributed by atoms with E-state index in [1.54, 1.807) is 0 Å². The number of nitrogens with two attached hydrogens (primary N) is 1. The SMILES string of the molecule is COC(=O)CCNC(N)=S. The van der Waals surface area contributed by atoms with E-state index < -0.39 is 0 Å². The van der Waals surface area contributed by atoms with Crippen molar-refractivity contribution in [3.63, 3.8) is 0 Å². The van der Waals surface area contributed by atoms with Crippen LogP contribution in [0.5, 0.6) is 0 Å². The van der Waals surface area contributed by atoms with Crippen LogP contribution >= 0.6 is 12.2 Å². The molecule has 0 bridgehead atoms. The van der Waals surface area contributed by atoms with Crippen LogP contribution < -0.4 is 11.1 Å². The summed E-state index contributed by atoms with van der Waals surface area (Å²) in [7, 11) is 1.34. The highest BCUT2D eigenvalue weighted by Gasteiger charge is 1.97.